The lowest BCUT2D eigenvalue weighted by atomic mass is 10.0. The molecular formula is C11H16FN3O. The minimum absolute atomic E-state index is 0.169. The number of halogens is 1. The van der Waals surface area contributed by atoms with Gasteiger partial charge in [0.1, 0.15) is 0 Å². The zero-order chi connectivity index (χ0) is 11.4. The van der Waals surface area contributed by atoms with Crippen molar-refractivity contribution >= 4 is 5.95 Å². The summed E-state index contributed by atoms with van der Waals surface area (Å²) in [6.45, 7) is 1.05. The molecule has 0 amide bonds. The van der Waals surface area contributed by atoms with Gasteiger partial charge in [-0.2, -0.15) is 0 Å². The van der Waals surface area contributed by atoms with Gasteiger partial charge in [0, 0.05) is 19.2 Å². The fourth-order valence-electron chi connectivity index (χ4n) is 2.17. The summed E-state index contributed by atoms with van der Waals surface area (Å²) in [7, 11) is 0. The Bertz CT molecular complexity index is 329. The Balaban J connectivity index is 2.13. The molecule has 16 heavy (non-hydrogen) atoms. The second kappa shape index (κ2) is 5.21. The number of piperidine rings is 1. The first-order valence-corrected chi connectivity index (χ1v) is 5.66. The molecule has 2 heterocycles. The number of hydrogen-bond donors (Lipinski definition) is 1. The molecule has 1 aliphatic rings. The van der Waals surface area contributed by atoms with Gasteiger partial charge >= 0.3 is 0 Å². The largest absolute Gasteiger partial charge is 0.396 e. The SMILES string of the molecule is OCCC1CCCCN1c1ncc(F)cn1. The third-order valence-corrected chi connectivity index (χ3v) is 2.95. The maximum atomic E-state index is 12.7. The molecule has 4 nitrogen and oxygen atoms in total. The van der Waals surface area contributed by atoms with Crippen molar-refractivity contribution in [3.8, 4) is 0 Å². The van der Waals surface area contributed by atoms with Gasteiger partial charge in [0.15, 0.2) is 5.82 Å². The van der Waals surface area contributed by atoms with Crippen LogP contribution in [0.15, 0.2) is 12.4 Å². The highest BCUT2D eigenvalue weighted by molar-refractivity contribution is 5.31. The molecule has 0 spiro atoms. The van der Waals surface area contributed by atoms with E-state index >= 15 is 0 Å². The van der Waals surface area contributed by atoms with E-state index in [0.717, 1.165) is 25.8 Å². The number of hydrogen-bond acceptors (Lipinski definition) is 4. The Morgan fingerprint density at radius 2 is 2.12 bits per heavy atom. The first-order valence-electron chi connectivity index (χ1n) is 5.66. The summed E-state index contributed by atoms with van der Waals surface area (Å²) >= 11 is 0. The molecule has 0 saturated carbocycles. The minimum Gasteiger partial charge on any atom is -0.396 e. The van der Waals surface area contributed by atoms with Crippen LogP contribution in [0.25, 0.3) is 0 Å². The van der Waals surface area contributed by atoms with Crippen LogP contribution in [0.2, 0.25) is 0 Å². The maximum Gasteiger partial charge on any atom is 0.225 e. The Morgan fingerprint density at radius 1 is 1.38 bits per heavy atom. The summed E-state index contributed by atoms with van der Waals surface area (Å²) in [4.78, 5) is 10.1. The van der Waals surface area contributed by atoms with Crippen molar-refractivity contribution in [1.82, 2.24) is 9.97 Å². The van der Waals surface area contributed by atoms with Crippen LogP contribution < -0.4 is 4.90 Å². The quantitative estimate of drug-likeness (QED) is 0.843. The molecule has 0 bridgehead atoms. The molecule has 0 aromatic carbocycles. The lowest BCUT2D eigenvalue weighted by molar-refractivity contribution is 0.261. The molecule has 1 atom stereocenters. The van der Waals surface area contributed by atoms with Crippen molar-refractivity contribution < 1.29 is 9.50 Å². The van der Waals surface area contributed by atoms with Crippen molar-refractivity contribution in [2.24, 2.45) is 0 Å². The summed E-state index contributed by atoms with van der Waals surface area (Å²) in [6, 6.07) is 0.282. The predicted molar refractivity (Wildman–Crippen MR) is 58.7 cm³/mol. The number of rotatable bonds is 3. The number of aliphatic hydroxyl groups excluding tert-OH is 1. The van der Waals surface area contributed by atoms with Crippen molar-refractivity contribution in [3.63, 3.8) is 0 Å². The van der Waals surface area contributed by atoms with Crippen molar-refractivity contribution in [2.75, 3.05) is 18.1 Å². The highest BCUT2D eigenvalue weighted by Gasteiger charge is 2.23. The van der Waals surface area contributed by atoms with Crippen LogP contribution in [-0.4, -0.2) is 34.3 Å². The summed E-state index contributed by atoms with van der Waals surface area (Å²) in [5, 5.41) is 9.00. The Hall–Kier alpha value is -1.23. The highest BCUT2D eigenvalue weighted by atomic mass is 19.1. The van der Waals surface area contributed by atoms with E-state index in [2.05, 4.69) is 14.9 Å². The summed E-state index contributed by atoms with van der Waals surface area (Å²) < 4.78 is 12.7. The average molecular weight is 225 g/mol. The van der Waals surface area contributed by atoms with Crippen LogP contribution in [0.5, 0.6) is 0 Å². The molecule has 1 aromatic heterocycles. The predicted octanol–water partition coefficient (Wildman–Crippen LogP) is 1.36. The zero-order valence-corrected chi connectivity index (χ0v) is 9.14. The van der Waals surface area contributed by atoms with Gasteiger partial charge in [0.25, 0.3) is 0 Å². The first kappa shape index (κ1) is 11.3. The maximum absolute atomic E-state index is 12.7. The van der Waals surface area contributed by atoms with E-state index in [0.29, 0.717) is 5.95 Å². The summed E-state index contributed by atoms with van der Waals surface area (Å²) in [6.07, 6.45) is 6.41. The average Bonchev–Trinajstić information content (AvgIpc) is 2.32. The van der Waals surface area contributed by atoms with E-state index in [4.69, 9.17) is 5.11 Å². The van der Waals surface area contributed by atoms with Crippen LogP contribution in [0.3, 0.4) is 0 Å². The lowest BCUT2D eigenvalue weighted by Gasteiger charge is -2.35. The third kappa shape index (κ3) is 2.47. The molecule has 88 valence electrons. The molecule has 2 rings (SSSR count). The lowest BCUT2D eigenvalue weighted by Crippen LogP contribution is -2.41. The number of aromatic nitrogens is 2. The fraction of sp³-hybridized carbons (Fsp3) is 0.636. The van der Waals surface area contributed by atoms with E-state index < -0.39 is 5.82 Å². The molecule has 5 heteroatoms. The van der Waals surface area contributed by atoms with Gasteiger partial charge in [0.05, 0.1) is 12.4 Å². The van der Waals surface area contributed by atoms with Gasteiger partial charge in [-0.05, 0) is 25.7 Å². The van der Waals surface area contributed by atoms with E-state index in [1.807, 2.05) is 0 Å². The van der Waals surface area contributed by atoms with Gasteiger partial charge in [-0.3, -0.25) is 0 Å². The molecule has 1 unspecified atom stereocenters. The smallest absolute Gasteiger partial charge is 0.225 e. The molecule has 1 fully saturated rings. The topological polar surface area (TPSA) is 49.2 Å². The third-order valence-electron chi connectivity index (χ3n) is 2.95. The van der Waals surface area contributed by atoms with Gasteiger partial charge in [-0.15, -0.1) is 0 Å². The molecule has 1 aromatic rings. The molecule has 1 aliphatic heterocycles. The Kier molecular flexibility index (Phi) is 3.66. The van der Waals surface area contributed by atoms with E-state index in [1.54, 1.807) is 0 Å². The van der Waals surface area contributed by atoms with E-state index in [9.17, 15) is 4.39 Å². The van der Waals surface area contributed by atoms with Gasteiger partial charge in [0.2, 0.25) is 5.95 Å². The summed E-state index contributed by atoms with van der Waals surface area (Å²) in [5.74, 6) is 0.152. The van der Waals surface area contributed by atoms with E-state index in [-0.39, 0.29) is 12.6 Å². The monoisotopic (exact) mass is 225 g/mol. The van der Waals surface area contributed by atoms with Gasteiger partial charge < -0.3 is 10.0 Å². The number of nitrogens with zero attached hydrogens (tertiary/aromatic N) is 3. The number of aliphatic hydroxyl groups is 1. The van der Waals surface area contributed by atoms with Crippen LogP contribution >= 0.6 is 0 Å². The zero-order valence-electron chi connectivity index (χ0n) is 9.14. The molecule has 0 radical (unpaired) electrons. The van der Waals surface area contributed by atoms with Gasteiger partial charge in [-0.25, -0.2) is 14.4 Å². The van der Waals surface area contributed by atoms with Crippen molar-refractivity contribution in [3.05, 3.63) is 18.2 Å². The van der Waals surface area contributed by atoms with Crippen LogP contribution in [0.1, 0.15) is 25.7 Å². The molecular weight excluding hydrogens is 209 g/mol. The van der Waals surface area contributed by atoms with Crippen molar-refractivity contribution in [2.45, 2.75) is 31.7 Å². The Morgan fingerprint density at radius 3 is 2.81 bits per heavy atom. The molecule has 0 aliphatic carbocycles. The summed E-state index contributed by atoms with van der Waals surface area (Å²) in [5.41, 5.74) is 0. The highest BCUT2D eigenvalue weighted by Crippen LogP contribution is 2.23. The Labute approximate surface area is 94.1 Å². The normalized spacial score (nSPS) is 21.1. The number of anilines is 1. The molecule has 1 N–H and O–H groups in total. The first-order chi connectivity index (χ1) is 7.81. The van der Waals surface area contributed by atoms with Crippen LogP contribution in [0.4, 0.5) is 10.3 Å². The van der Waals surface area contributed by atoms with Crippen molar-refractivity contribution in [1.29, 1.82) is 0 Å². The second-order valence-electron chi connectivity index (χ2n) is 4.06. The van der Waals surface area contributed by atoms with Crippen LogP contribution in [-0.2, 0) is 0 Å². The van der Waals surface area contributed by atoms with Crippen LogP contribution in [0, 0.1) is 5.82 Å². The molecule has 1 saturated heterocycles. The second-order valence-corrected chi connectivity index (χ2v) is 4.06. The van der Waals surface area contributed by atoms with Gasteiger partial charge in [-0.1, -0.05) is 0 Å². The fourth-order valence-corrected chi connectivity index (χ4v) is 2.17. The van der Waals surface area contributed by atoms with E-state index in [1.165, 1.54) is 18.8 Å². The minimum atomic E-state index is -0.417. The standard InChI is InChI=1S/C11H16FN3O/c12-9-7-13-11(14-8-9)15-5-2-1-3-10(15)4-6-16/h7-8,10,16H,1-6H2.